The van der Waals surface area contributed by atoms with Gasteiger partial charge in [-0.05, 0) is 50.3 Å². The van der Waals surface area contributed by atoms with Crippen LogP contribution >= 0.6 is 11.8 Å². The van der Waals surface area contributed by atoms with E-state index in [0.717, 1.165) is 39.5 Å². The zero-order valence-corrected chi connectivity index (χ0v) is 17.1. The molecule has 0 radical (unpaired) electrons. The van der Waals surface area contributed by atoms with Gasteiger partial charge in [0.15, 0.2) is 0 Å². The van der Waals surface area contributed by atoms with Crippen molar-refractivity contribution in [3.8, 4) is 0 Å². The smallest absolute Gasteiger partial charge is 0.251 e. The first-order valence-electron chi connectivity index (χ1n) is 8.99. The Morgan fingerprint density at radius 3 is 2.56 bits per heavy atom. The molecule has 0 fully saturated rings. The molecule has 0 saturated carbocycles. The summed E-state index contributed by atoms with van der Waals surface area (Å²) >= 11 is 1.64. The fourth-order valence-corrected chi connectivity index (χ4v) is 3.58. The van der Waals surface area contributed by atoms with Gasteiger partial charge in [-0.15, -0.1) is 11.8 Å². The summed E-state index contributed by atoms with van der Waals surface area (Å²) in [4.78, 5) is 13.8. The lowest BCUT2D eigenvalue weighted by atomic mass is 10.1. The third-order valence-electron chi connectivity index (χ3n) is 4.82. The molecule has 0 unspecified atom stereocenters. The van der Waals surface area contributed by atoms with Gasteiger partial charge < -0.3 is 5.32 Å². The number of benzene rings is 2. The topological polar surface area (TPSA) is 46.9 Å². The van der Waals surface area contributed by atoms with Crippen molar-refractivity contribution in [3.05, 3.63) is 82.2 Å². The van der Waals surface area contributed by atoms with Crippen LogP contribution in [0, 0.1) is 20.8 Å². The van der Waals surface area contributed by atoms with Crippen LogP contribution in [-0.4, -0.2) is 21.9 Å². The van der Waals surface area contributed by atoms with Crippen LogP contribution < -0.4 is 5.32 Å². The molecule has 2 aromatic carbocycles. The van der Waals surface area contributed by atoms with Crippen LogP contribution in [0.5, 0.6) is 0 Å². The van der Waals surface area contributed by atoms with Gasteiger partial charge >= 0.3 is 0 Å². The average Bonchev–Trinajstić information content (AvgIpc) is 2.94. The molecule has 0 aliphatic heterocycles. The summed E-state index contributed by atoms with van der Waals surface area (Å²) in [5.74, 6) is -0.0435. The number of nitrogens with one attached hydrogen (secondary N) is 1. The number of carbonyl (C=O) groups is 1. The van der Waals surface area contributed by atoms with E-state index < -0.39 is 0 Å². The second-order valence-corrected chi connectivity index (χ2v) is 7.54. The third kappa shape index (κ3) is 4.42. The van der Waals surface area contributed by atoms with Crippen molar-refractivity contribution >= 4 is 17.7 Å². The highest BCUT2D eigenvalue weighted by atomic mass is 32.2. The molecule has 3 rings (SSSR count). The predicted molar refractivity (Wildman–Crippen MR) is 111 cm³/mol. The normalized spacial score (nSPS) is 10.8. The third-order valence-corrected chi connectivity index (χ3v) is 5.55. The number of hydrogen-bond acceptors (Lipinski definition) is 3. The maximum Gasteiger partial charge on any atom is 0.251 e. The minimum absolute atomic E-state index is 0.0435. The second kappa shape index (κ2) is 8.44. The molecule has 3 aromatic rings. The summed E-state index contributed by atoms with van der Waals surface area (Å²) in [7, 11) is 0. The Morgan fingerprint density at radius 1 is 1.11 bits per heavy atom. The Morgan fingerprint density at radius 2 is 1.85 bits per heavy atom. The molecule has 4 nitrogen and oxygen atoms in total. The number of aromatic nitrogens is 2. The predicted octanol–water partition coefficient (Wildman–Crippen LogP) is 4.51. The Bertz CT molecular complexity index is 948. The molecule has 1 aromatic heterocycles. The zero-order valence-electron chi connectivity index (χ0n) is 16.2. The van der Waals surface area contributed by atoms with Crippen molar-refractivity contribution in [2.75, 3.05) is 6.26 Å². The van der Waals surface area contributed by atoms with Gasteiger partial charge in [-0.3, -0.25) is 9.48 Å². The van der Waals surface area contributed by atoms with Crippen LogP contribution in [0.25, 0.3) is 0 Å². The van der Waals surface area contributed by atoms with Crippen LogP contribution in [0.1, 0.15) is 38.4 Å². The summed E-state index contributed by atoms with van der Waals surface area (Å²) in [6, 6.07) is 16.3. The van der Waals surface area contributed by atoms with E-state index in [1.807, 2.05) is 61.2 Å². The molecule has 1 heterocycles. The van der Waals surface area contributed by atoms with Gasteiger partial charge in [-0.25, -0.2) is 0 Å². The highest BCUT2D eigenvalue weighted by Crippen LogP contribution is 2.20. The summed E-state index contributed by atoms with van der Waals surface area (Å²) in [5.41, 5.74) is 6.05. The molecule has 1 N–H and O–H groups in total. The minimum Gasteiger partial charge on any atom is -0.348 e. The van der Waals surface area contributed by atoms with E-state index in [0.29, 0.717) is 6.54 Å². The Kier molecular flexibility index (Phi) is 6.01. The van der Waals surface area contributed by atoms with E-state index >= 15 is 0 Å². The van der Waals surface area contributed by atoms with Crippen molar-refractivity contribution in [1.82, 2.24) is 15.1 Å². The maximum absolute atomic E-state index is 12.7. The number of thioether (sulfide) groups is 1. The highest BCUT2D eigenvalue weighted by Gasteiger charge is 2.15. The highest BCUT2D eigenvalue weighted by molar-refractivity contribution is 7.98. The molecule has 1 amide bonds. The standard InChI is InChI=1S/C22H25N3OS/c1-15-10-11-19(27-4)12-20(15)22(26)23-13-21-16(2)24-25(17(21)3)14-18-8-6-5-7-9-18/h5-12H,13-14H2,1-4H3,(H,23,26). The van der Waals surface area contributed by atoms with Crippen LogP contribution in [0.3, 0.4) is 0 Å². The molecule has 5 heteroatoms. The molecule has 0 spiro atoms. The van der Waals surface area contributed by atoms with Crippen LogP contribution in [0.4, 0.5) is 0 Å². The molecule has 0 aliphatic carbocycles. The molecule has 27 heavy (non-hydrogen) atoms. The zero-order chi connectivity index (χ0) is 19.4. The maximum atomic E-state index is 12.7. The Labute approximate surface area is 165 Å². The van der Waals surface area contributed by atoms with Gasteiger partial charge in [0.2, 0.25) is 0 Å². The number of amides is 1. The molecule has 0 aliphatic rings. The van der Waals surface area contributed by atoms with E-state index in [-0.39, 0.29) is 5.91 Å². The Hall–Kier alpha value is -2.53. The number of aryl methyl sites for hydroxylation is 2. The largest absolute Gasteiger partial charge is 0.348 e. The van der Waals surface area contributed by atoms with Crippen molar-refractivity contribution in [2.45, 2.75) is 38.8 Å². The van der Waals surface area contributed by atoms with Gasteiger partial charge in [0.25, 0.3) is 5.91 Å². The first-order chi connectivity index (χ1) is 13.0. The lowest BCUT2D eigenvalue weighted by Gasteiger charge is -2.10. The fourth-order valence-electron chi connectivity index (χ4n) is 3.14. The lowest BCUT2D eigenvalue weighted by molar-refractivity contribution is 0.0950. The summed E-state index contributed by atoms with van der Waals surface area (Å²) in [6.45, 7) is 7.23. The van der Waals surface area contributed by atoms with E-state index in [1.54, 1.807) is 11.8 Å². The van der Waals surface area contributed by atoms with Gasteiger partial charge in [0, 0.05) is 28.3 Å². The summed E-state index contributed by atoms with van der Waals surface area (Å²) in [6.07, 6.45) is 2.01. The second-order valence-electron chi connectivity index (χ2n) is 6.66. The monoisotopic (exact) mass is 379 g/mol. The first-order valence-corrected chi connectivity index (χ1v) is 10.2. The average molecular weight is 380 g/mol. The molecule has 140 valence electrons. The lowest BCUT2D eigenvalue weighted by Crippen LogP contribution is -2.24. The fraction of sp³-hybridized carbons (Fsp3) is 0.273. The number of hydrogen-bond donors (Lipinski definition) is 1. The molecular formula is C22H25N3OS. The van der Waals surface area contributed by atoms with E-state index in [1.165, 1.54) is 5.56 Å². The quantitative estimate of drug-likeness (QED) is 0.641. The molecule has 0 bridgehead atoms. The van der Waals surface area contributed by atoms with Crippen molar-refractivity contribution in [3.63, 3.8) is 0 Å². The van der Waals surface area contributed by atoms with Crippen LogP contribution in [0.2, 0.25) is 0 Å². The van der Waals surface area contributed by atoms with Gasteiger partial charge in [0.1, 0.15) is 0 Å². The minimum atomic E-state index is -0.0435. The van der Waals surface area contributed by atoms with Gasteiger partial charge in [0.05, 0.1) is 12.2 Å². The van der Waals surface area contributed by atoms with Crippen LogP contribution in [-0.2, 0) is 13.1 Å². The summed E-state index contributed by atoms with van der Waals surface area (Å²) in [5, 5.41) is 7.73. The van der Waals surface area contributed by atoms with Crippen molar-refractivity contribution < 1.29 is 4.79 Å². The van der Waals surface area contributed by atoms with Crippen molar-refractivity contribution in [2.24, 2.45) is 0 Å². The first kappa shape index (κ1) is 19.2. The SMILES string of the molecule is CSc1ccc(C)c(C(=O)NCc2c(C)nn(Cc3ccccc3)c2C)c1. The molecule has 0 saturated heterocycles. The van der Waals surface area contributed by atoms with E-state index in [2.05, 4.69) is 29.5 Å². The molecule has 0 atom stereocenters. The number of carbonyl (C=O) groups excluding carboxylic acids is 1. The number of rotatable bonds is 6. The summed E-state index contributed by atoms with van der Waals surface area (Å²) < 4.78 is 2.01. The Balaban J connectivity index is 1.74. The van der Waals surface area contributed by atoms with E-state index in [9.17, 15) is 4.79 Å². The van der Waals surface area contributed by atoms with Crippen LogP contribution in [0.15, 0.2) is 53.4 Å². The van der Waals surface area contributed by atoms with Gasteiger partial charge in [-0.1, -0.05) is 36.4 Å². The molecular weight excluding hydrogens is 354 g/mol. The number of nitrogens with zero attached hydrogens (tertiary/aromatic N) is 2. The van der Waals surface area contributed by atoms with Gasteiger partial charge in [-0.2, -0.15) is 5.10 Å². The van der Waals surface area contributed by atoms with E-state index in [4.69, 9.17) is 0 Å². The van der Waals surface area contributed by atoms with Crippen molar-refractivity contribution in [1.29, 1.82) is 0 Å².